The number of aromatic nitrogens is 1. The van der Waals surface area contributed by atoms with E-state index in [4.69, 9.17) is 18.0 Å². The summed E-state index contributed by atoms with van der Waals surface area (Å²) in [5.41, 5.74) is 8.12. The molecule has 1 aromatic carbocycles. The third-order valence-corrected chi connectivity index (χ3v) is 3.12. The molecule has 18 heavy (non-hydrogen) atoms. The van der Waals surface area contributed by atoms with Crippen molar-refractivity contribution < 1.29 is 0 Å². The van der Waals surface area contributed by atoms with E-state index >= 15 is 0 Å². The summed E-state index contributed by atoms with van der Waals surface area (Å²) in [5, 5.41) is 0. The maximum absolute atomic E-state index is 5.85. The molecule has 0 aliphatic carbocycles. The third kappa shape index (κ3) is 2.97. The first-order chi connectivity index (χ1) is 8.68. The van der Waals surface area contributed by atoms with Crippen molar-refractivity contribution in [1.82, 2.24) is 9.88 Å². The number of nitrogens with zero attached hydrogens (tertiary/aromatic N) is 1. The highest BCUT2D eigenvalue weighted by Crippen LogP contribution is 2.20. The Morgan fingerprint density at radius 1 is 1.28 bits per heavy atom. The van der Waals surface area contributed by atoms with Gasteiger partial charge in [-0.2, -0.15) is 0 Å². The highest BCUT2D eigenvalue weighted by molar-refractivity contribution is 7.80. The van der Waals surface area contributed by atoms with Gasteiger partial charge in [0.25, 0.3) is 0 Å². The van der Waals surface area contributed by atoms with Crippen LogP contribution >= 0.6 is 12.2 Å². The predicted molar refractivity (Wildman–Crippen MR) is 78.2 cm³/mol. The monoisotopic (exact) mass is 259 g/mol. The van der Waals surface area contributed by atoms with Crippen molar-refractivity contribution in [2.45, 2.75) is 12.6 Å². The fourth-order valence-electron chi connectivity index (χ4n) is 2.08. The second kappa shape index (κ2) is 5.80. The average Bonchev–Trinajstić information content (AvgIpc) is 2.83. The van der Waals surface area contributed by atoms with Crippen molar-refractivity contribution in [3.05, 3.63) is 59.9 Å². The minimum atomic E-state index is -0.0600. The van der Waals surface area contributed by atoms with E-state index in [0.29, 0.717) is 4.99 Å². The quantitative estimate of drug-likeness (QED) is 0.811. The molecule has 0 spiro atoms. The standard InChI is InChI=1S/C14H17N3S/c1-17(10-11-6-3-2-4-7-11)13(14(15)18)12-8-5-9-16-12/h2-9,13,16H,10H2,1H3,(H2,15,18). The molecule has 0 bridgehead atoms. The van der Waals surface area contributed by atoms with Crippen LogP contribution in [0.1, 0.15) is 17.3 Å². The van der Waals surface area contributed by atoms with E-state index in [2.05, 4.69) is 22.0 Å². The molecule has 0 saturated heterocycles. The number of nitrogens with two attached hydrogens (primary N) is 1. The molecule has 2 aromatic rings. The lowest BCUT2D eigenvalue weighted by Crippen LogP contribution is -2.34. The van der Waals surface area contributed by atoms with Crippen LogP contribution in [-0.2, 0) is 6.54 Å². The second-order valence-corrected chi connectivity index (χ2v) is 4.80. The highest BCUT2D eigenvalue weighted by Gasteiger charge is 2.20. The molecule has 1 aromatic heterocycles. The summed E-state index contributed by atoms with van der Waals surface area (Å²) in [4.78, 5) is 5.80. The van der Waals surface area contributed by atoms with Crippen LogP contribution in [-0.4, -0.2) is 21.9 Å². The number of nitrogens with one attached hydrogen (secondary N) is 1. The van der Waals surface area contributed by atoms with Crippen LogP contribution < -0.4 is 5.73 Å². The van der Waals surface area contributed by atoms with Crippen molar-refractivity contribution in [3.63, 3.8) is 0 Å². The number of benzene rings is 1. The Morgan fingerprint density at radius 2 is 2.00 bits per heavy atom. The van der Waals surface area contributed by atoms with Gasteiger partial charge in [0.2, 0.25) is 0 Å². The van der Waals surface area contributed by atoms with E-state index in [1.165, 1.54) is 5.56 Å². The van der Waals surface area contributed by atoms with Crippen LogP contribution in [0.5, 0.6) is 0 Å². The third-order valence-electron chi connectivity index (χ3n) is 2.90. The number of hydrogen-bond acceptors (Lipinski definition) is 2. The lowest BCUT2D eigenvalue weighted by Gasteiger charge is -2.26. The molecule has 0 amide bonds. The van der Waals surface area contributed by atoms with Gasteiger partial charge in [0.1, 0.15) is 6.04 Å². The molecule has 3 N–H and O–H groups in total. The number of aromatic amines is 1. The Kier molecular flexibility index (Phi) is 4.12. The lowest BCUT2D eigenvalue weighted by molar-refractivity contribution is 0.290. The Morgan fingerprint density at radius 3 is 2.56 bits per heavy atom. The van der Waals surface area contributed by atoms with Crippen LogP contribution in [0.25, 0.3) is 0 Å². The van der Waals surface area contributed by atoms with Gasteiger partial charge < -0.3 is 10.7 Å². The molecule has 1 atom stereocenters. The molecule has 0 saturated carbocycles. The summed E-state index contributed by atoms with van der Waals surface area (Å²) in [7, 11) is 2.03. The number of rotatable bonds is 5. The number of thiocarbonyl (C=S) groups is 1. The van der Waals surface area contributed by atoms with Crippen molar-refractivity contribution in [2.75, 3.05) is 7.05 Å². The van der Waals surface area contributed by atoms with Crippen molar-refractivity contribution in [1.29, 1.82) is 0 Å². The summed E-state index contributed by atoms with van der Waals surface area (Å²) in [5.74, 6) is 0. The summed E-state index contributed by atoms with van der Waals surface area (Å²) < 4.78 is 0. The van der Waals surface area contributed by atoms with E-state index in [-0.39, 0.29) is 6.04 Å². The zero-order chi connectivity index (χ0) is 13.0. The van der Waals surface area contributed by atoms with Gasteiger partial charge in [0.05, 0.1) is 4.99 Å². The van der Waals surface area contributed by atoms with Crippen LogP contribution in [0.4, 0.5) is 0 Å². The van der Waals surface area contributed by atoms with Gasteiger partial charge in [-0.15, -0.1) is 0 Å². The second-order valence-electron chi connectivity index (χ2n) is 4.33. The SMILES string of the molecule is CN(Cc1ccccc1)C(C(N)=S)c1ccc[nH]1. The summed E-state index contributed by atoms with van der Waals surface area (Å²) in [6, 6.07) is 14.2. The van der Waals surface area contributed by atoms with Gasteiger partial charge in [-0.25, -0.2) is 0 Å². The average molecular weight is 259 g/mol. The first kappa shape index (κ1) is 12.8. The summed E-state index contributed by atoms with van der Waals surface area (Å²) >= 11 is 5.17. The molecular weight excluding hydrogens is 242 g/mol. The van der Waals surface area contributed by atoms with Crippen LogP contribution in [0.15, 0.2) is 48.7 Å². The van der Waals surface area contributed by atoms with Crippen LogP contribution in [0, 0.1) is 0 Å². The van der Waals surface area contributed by atoms with Gasteiger partial charge in [-0.1, -0.05) is 42.5 Å². The number of hydrogen-bond donors (Lipinski definition) is 2. The molecule has 2 rings (SSSR count). The van der Waals surface area contributed by atoms with Gasteiger partial charge in [-0.3, -0.25) is 4.90 Å². The Hall–Kier alpha value is -1.65. The Labute approximate surface area is 113 Å². The Balaban J connectivity index is 2.15. The van der Waals surface area contributed by atoms with E-state index in [9.17, 15) is 0 Å². The zero-order valence-electron chi connectivity index (χ0n) is 10.3. The highest BCUT2D eigenvalue weighted by atomic mass is 32.1. The lowest BCUT2D eigenvalue weighted by atomic mass is 10.1. The van der Waals surface area contributed by atoms with Gasteiger partial charge in [0.15, 0.2) is 0 Å². The number of H-pyrrole nitrogens is 1. The Bertz CT molecular complexity index is 493. The van der Waals surface area contributed by atoms with E-state index < -0.39 is 0 Å². The molecule has 1 unspecified atom stereocenters. The topological polar surface area (TPSA) is 45.0 Å². The van der Waals surface area contributed by atoms with E-state index in [1.807, 2.05) is 43.6 Å². The minimum absolute atomic E-state index is 0.0600. The molecule has 0 aliphatic heterocycles. The van der Waals surface area contributed by atoms with Crippen molar-refractivity contribution in [3.8, 4) is 0 Å². The zero-order valence-corrected chi connectivity index (χ0v) is 11.2. The molecule has 4 heteroatoms. The minimum Gasteiger partial charge on any atom is -0.392 e. The number of likely N-dealkylation sites (N-methyl/N-ethyl adjacent to an activating group) is 1. The maximum atomic E-state index is 5.85. The van der Waals surface area contributed by atoms with Crippen LogP contribution in [0.3, 0.4) is 0 Å². The largest absolute Gasteiger partial charge is 0.392 e. The maximum Gasteiger partial charge on any atom is 0.101 e. The van der Waals surface area contributed by atoms with Gasteiger partial charge >= 0.3 is 0 Å². The van der Waals surface area contributed by atoms with Crippen molar-refractivity contribution >= 4 is 17.2 Å². The first-order valence-electron chi connectivity index (χ1n) is 5.85. The molecule has 94 valence electrons. The molecule has 0 radical (unpaired) electrons. The normalized spacial score (nSPS) is 12.6. The van der Waals surface area contributed by atoms with Crippen molar-refractivity contribution in [2.24, 2.45) is 5.73 Å². The van der Waals surface area contributed by atoms with E-state index in [0.717, 1.165) is 12.2 Å². The first-order valence-corrected chi connectivity index (χ1v) is 6.26. The van der Waals surface area contributed by atoms with Gasteiger partial charge in [0, 0.05) is 18.4 Å². The molecular formula is C14H17N3S. The summed E-state index contributed by atoms with van der Waals surface area (Å²) in [6.07, 6.45) is 1.89. The smallest absolute Gasteiger partial charge is 0.101 e. The van der Waals surface area contributed by atoms with Crippen LogP contribution in [0.2, 0.25) is 0 Å². The summed E-state index contributed by atoms with van der Waals surface area (Å²) in [6.45, 7) is 0.807. The molecule has 1 heterocycles. The van der Waals surface area contributed by atoms with E-state index in [1.54, 1.807) is 0 Å². The molecule has 3 nitrogen and oxygen atoms in total. The predicted octanol–water partition coefficient (Wildman–Crippen LogP) is 2.47. The molecule has 0 fully saturated rings. The fraction of sp³-hybridized carbons (Fsp3) is 0.214. The van der Waals surface area contributed by atoms with Gasteiger partial charge in [-0.05, 0) is 24.7 Å². The fourth-order valence-corrected chi connectivity index (χ4v) is 2.39. The molecule has 0 aliphatic rings.